The van der Waals surface area contributed by atoms with Crippen LogP contribution >= 0.6 is 23.2 Å². The van der Waals surface area contributed by atoms with Gasteiger partial charge in [-0.2, -0.15) is 0 Å². The highest BCUT2D eigenvalue weighted by Crippen LogP contribution is 2.17. The van der Waals surface area contributed by atoms with Gasteiger partial charge >= 0.3 is 5.97 Å². The lowest BCUT2D eigenvalue weighted by Crippen LogP contribution is -2.31. The predicted octanol–water partition coefficient (Wildman–Crippen LogP) is 3.79. The molecular formula is C18H17Cl2NO4. The van der Waals surface area contributed by atoms with E-state index in [1.54, 1.807) is 36.4 Å². The third kappa shape index (κ3) is 6.64. The molecule has 0 spiro atoms. The lowest BCUT2D eigenvalue weighted by Gasteiger charge is -2.14. The van der Waals surface area contributed by atoms with Crippen LogP contribution in [0.3, 0.4) is 0 Å². The van der Waals surface area contributed by atoms with E-state index in [2.05, 4.69) is 5.32 Å². The Morgan fingerprint density at radius 1 is 1.04 bits per heavy atom. The quantitative estimate of drug-likeness (QED) is 0.740. The first-order valence-electron chi connectivity index (χ1n) is 7.53. The summed E-state index contributed by atoms with van der Waals surface area (Å²) in [5, 5.41) is 3.86. The van der Waals surface area contributed by atoms with Crippen molar-refractivity contribution in [1.82, 2.24) is 5.32 Å². The van der Waals surface area contributed by atoms with Crippen molar-refractivity contribution >= 4 is 35.1 Å². The van der Waals surface area contributed by atoms with Crippen molar-refractivity contribution in [1.29, 1.82) is 0 Å². The van der Waals surface area contributed by atoms with Crippen LogP contribution in [0, 0.1) is 0 Å². The van der Waals surface area contributed by atoms with Gasteiger partial charge in [-0.05, 0) is 42.8 Å². The van der Waals surface area contributed by atoms with Crippen molar-refractivity contribution < 1.29 is 19.1 Å². The van der Waals surface area contributed by atoms with Crippen LogP contribution in [-0.4, -0.2) is 25.1 Å². The Morgan fingerprint density at radius 2 is 1.76 bits per heavy atom. The summed E-state index contributed by atoms with van der Waals surface area (Å²) in [4.78, 5) is 23.5. The Labute approximate surface area is 155 Å². The van der Waals surface area contributed by atoms with Gasteiger partial charge in [-0.3, -0.25) is 4.79 Å². The van der Waals surface area contributed by atoms with Gasteiger partial charge in [0.25, 0.3) is 5.91 Å². The minimum Gasteiger partial charge on any atom is -0.482 e. The van der Waals surface area contributed by atoms with E-state index in [9.17, 15) is 9.59 Å². The maximum atomic E-state index is 11.8. The van der Waals surface area contributed by atoms with Gasteiger partial charge in [-0.1, -0.05) is 41.4 Å². The fourth-order valence-corrected chi connectivity index (χ4v) is 2.31. The maximum absolute atomic E-state index is 11.8. The maximum Gasteiger partial charge on any atom is 0.344 e. The first-order chi connectivity index (χ1) is 11.9. The van der Waals surface area contributed by atoms with Crippen LogP contribution in [0.25, 0.3) is 0 Å². The lowest BCUT2D eigenvalue weighted by molar-refractivity contribution is -0.150. The molecule has 0 radical (unpaired) electrons. The van der Waals surface area contributed by atoms with E-state index in [-0.39, 0.29) is 19.3 Å². The molecule has 0 aliphatic carbocycles. The molecule has 2 aromatic rings. The van der Waals surface area contributed by atoms with Crippen LogP contribution in [0.4, 0.5) is 0 Å². The van der Waals surface area contributed by atoms with Gasteiger partial charge in [0.2, 0.25) is 0 Å². The normalized spacial score (nSPS) is 11.5. The van der Waals surface area contributed by atoms with Crippen LogP contribution in [0.5, 0.6) is 5.75 Å². The number of rotatable bonds is 7. The molecule has 1 atom stereocenters. The van der Waals surface area contributed by atoms with Crippen LogP contribution in [-0.2, 0) is 14.3 Å². The highest BCUT2D eigenvalue weighted by atomic mass is 35.5. The molecule has 5 nitrogen and oxygen atoms in total. The second-order valence-corrected chi connectivity index (χ2v) is 6.12. The summed E-state index contributed by atoms with van der Waals surface area (Å²) < 4.78 is 10.1. The average molecular weight is 382 g/mol. The van der Waals surface area contributed by atoms with Crippen molar-refractivity contribution in [2.45, 2.75) is 13.0 Å². The van der Waals surface area contributed by atoms with E-state index >= 15 is 0 Å². The van der Waals surface area contributed by atoms with Crippen molar-refractivity contribution in [3.8, 4) is 5.75 Å². The Bertz CT molecular complexity index is 734. The summed E-state index contributed by atoms with van der Waals surface area (Å²) in [5.74, 6) is -0.599. The number of nitrogens with one attached hydrogen (secondary N) is 1. The van der Waals surface area contributed by atoms with Gasteiger partial charge in [0, 0.05) is 10.0 Å². The molecular weight excluding hydrogens is 365 g/mol. The number of amides is 1. The molecule has 0 saturated carbocycles. The SMILES string of the molecule is C[C@@H](NC(=O)COC(=O)COc1cccc(Cl)c1)c1ccc(Cl)cc1. The molecule has 0 heterocycles. The molecule has 0 unspecified atom stereocenters. The summed E-state index contributed by atoms with van der Waals surface area (Å²) in [6.07, 6.45) is 0. The van der Waals surface area contributed by atoms with E-state index in [0.717, 1.165) is 5.56 Å². The summed E-state index contributed by atoms with van der Waals surface area (Å²) in [7, 11) is 0. The van der Waals surface area contributed by atoms with Crippen molar-refractivity contribution in [2.24, 2.45) is 0 Å². The van der Waals surface area contributed by atoms with E-state index in [4.69, 9.17) is 32.7 Å². The summed E-state index contributed by atoms with van der Waals surface area (Å²) in [6.45, 7) is 1.14. The van der Waals surface area contributed by atoms with Gasteiger partial charge in [-0.15, -0.1) is 0 Å². The van der Waals surface area contributed by atoms with Crippen LogP contribution in [0.2, 0.25) is 10.0 Å². The fourth-order valence-electron chi connectivity index (χ4n) is 2.00. The molecule has 0 aliphatic rings. The van der Waals surface area contributed by atoms with Crippen LogP contribution in [0.15, 0.2) is 48.5 Å². The summed E-state index contributed by atoms with van der Waals surface area (Å²) in [6, 6.07) is 13.5. The standard InChI is InChI=1S/C18H17Cl2NO4/c1-12(13-5-7-14(19)8-6-13)21-17(22)10-25-18(23)11-24-16-4-2-3-15(20)9-16/h2-9,12H,10-11H2,1H3,(H,21,22)/t12-/m1/s1. The third-order valence-electron chi connectivity index (χ3n) is 3.26. The second-order valence-electron chi connectivity index (χ2n) is 5.25. The summed E-state index contributed by atoms with van der Waals surface area (Å²) >= 11 is 11.6. The Kier molecular flexibility index (Phi) is 7.10. The number of hydrogen-bond acceptors (Lipinski definition) is 4. The zero-order chi connectivity index (χ0) is 18.2. The first-order valence-corrected chi connectivity index (χ1v) is 8.28. The predicted molar refractivity (Wildman–Crippen MR) is 95.9 cm³/mol. The Balaban J connectivity index is 1.71. The third-order valence-corrected chi connectivity index (χ3v) is 3.75. The Morgan fingerprint density at radius 3 is 2.44 bits per heavy atom. The minimum absolute atomic E-state index is 0.230. The number of ether oxygens (including phenoxy) is 2. The molecule has 1 N–H and O–H groups in total. The van der Waals surface area contributed by atoms with Gasteiger partial charge in [0.15, 0.2) is 13.2 Å². The second kappa shape index (κ2) is 9.30. The first kappa shape index (κ1) is 19.1. The molecule has 7 heteroatoms. The minimum atomic E-state index is -0.644. The molecule has 0 saturated heterocycles. The fraction of sp³-hybridized carbons (Fsp3) is 0.222. The number of benzene rings is 2. The van der Waals surface area contributed by atoms with E-state index in [1.165, 1.54) is 0 Å². The monoisotopic (exact) mass is 381 g/mol. The van der Waals surface area contributed by atoms with Crippen molar-refractivity contribution in [2.75, 3.05) is 13.2 Å². The van der Waals surface area contributed by atoms with Crippen LogP contribution in [0.1, 0.15) is 18.5 Å². The van der Waals surface area contributed by atoms with Gasteiger partial charge in [-0.25, -0.2) is 4.79 Å². The topological polar surface area (TPSA) is 64.6 Å². The zero-order valence-corrected chi connectivity index (χ0v) is 15.0. The van der Waals surface area contributed by atoms with Gasteiger partial charge in [0.05, 0.1) is 6.04 Å². The largest absolute Gasteiger partial charge is 0.482 e. The van der Waals surface area contributed by atoms with Crippen LogP contribution < -0.4 is 10.1 Å². The van der Waals surface area contributed by atoms with E-state index in [1.807, 2.05) is 19.1 Å². The number of esters is 1. The molecule has 2 aromatic carbocycles. The van der Waals surface area contributed by atoms with Gasteiger partial charge in [0.1, 0.15) is 5.75 Å². The molecule has 25 heavy (non-hydrogen) atoms. The highest BCUT2D eigenvalue weighted by Gasteiger charge is 2.12. The van der Waals surface area contributed by atoms with Gasteiger partial charge < -0.3 is 14.8 Å². The molecule has 0 bridgehead atoms. The smallest absolute Gasteiger partial charge is 0.344 e. The highest BCUT2D eigenvalue weighted by molar-refractivity contribution is 6.30. The number of hydrogen-bond donors (Lipinski definition) is 1. The Hall–Kier alpha value is -2.24. The van der Waals surface area contributed by atoms with Crippen molar-refractivity contribution in [3.05, 3.63) is 64.1 Å². The van der Waals surface area contributed by atoms with E-state index < -0.39 is 11.9 Å². The molecule has 0 aliphatic heterocycles. The molecule has 1 amide bonds. The average Bonchev–Trinajstić information content (AvgIpc) is 2.58. The molecule has 2 rings (SSSR count). The number of carbonyl (C=O) groups excluding carboxylic acids is 2. The van der Waals surface area contributed by atoms with E-state index in [0.29, 0.717) is 15.8 Å². The molecule has 132 valence electrons. The zero-order valence-electron chi connectivity index (χ0n) is 13.5. The molecule has 0 fully saturated rings. The number of carbonyl (C=O) groups is 2. The number of halogens is 2. The summed E-state index contributed by atoms with van der Waals surface area (Å²) in [5.41, 5.74) is 0.897. The van der Waals surface area contributed by atoms with Crippen molar-refractivity contribution in [3.63, 3.8) is 0 Å². The lowest BCUT2D eigenvalue weighted by atomic mass is 10.1. The molecule has 0 aromatic heterocycles.